The third kappa shape index (κ3) is 4.34. The summed E-state index contributed by atoms with van der Waals surface area (Å²) in [5.41, 5.74) is 1.22. The van der Waals surface area contributed by atoms with E-state index in [1.807, 2.05) is 36.4 Å². The molecule has 0 aromatic heterocycles. The van der Waals surface area contributed by atoms with Crippen LogP contribution in [-0.2, 0) is 23.7 Å². The van der Waals surface area contributed by atoms with Gasteiger partial charge in [0.2, 0.25) is 0 Å². The van der Waals surface area contributed by atoms with Gasteiger partial charge in [0.15, 0.2) is 18.7 Å². The number of rotatable bonds is 5. The molecule has 7 heteroatoms. The Bertz CT molecular complexity index is 797. The van der Waals surface area contributed by atoms with Gasteiger partial charge >= 0.3 is 5.97 Å². The first-order valence-electron chi connectivity index (χ1n) is 9.70. The largest absolute Gasteiger partial charge is 0.450 e. The molecule has 4 rings (SSSR count). The monoisotopic (exact) mass is 400 g/mol. The molecule has 2 aliphatic heterocycles. The van der Waals surface area contributed by atoms with Crippen LogP contribution in [0.1, 0.15) is 29.1 Å². The Balaban J connectivity index is 1.51. The van der Waals surface area contributed by atoms with Crippen LogP contribution in [0, 0.1) is 0 Å². The van der Waals surface area contributed by atoms with Crippen LogP contribution in [0.5, 0.6) is 0 Å². The molecular formula is C22H24O7. The van der Waals surface area contributed by atoms with Crippen LogP contribution < -0.4 is 0 Å². The van der Waals surface area contributed by atoms with Crippen molar-refractivity contribution in [3.63, 3.8) is 0 Å². The van der Waals surface area contributed by atoms with Crippen molar-refractivity contribution < 1.29 is 33.6 Å². The molecule has 29 heavy (non-hydrogen) atoms. The number of aliphatic hydroxyl groups excluding tert-OH is 1. The Hall–Kier alpha value is -2.29. The summed E-state index contributed by atoms with van der Waals surface area (Å²) in [6.07, 6.45) is -4.96. The lowest BCUT2D eigenvalue weighted by Gasteiger charge is -2.47. The van der Waals surface area contributed by atoms with Gasteiger partial charge in [-0.15, -0.1) is 0 Å². The maximum absolute atomic E-state index is 12.5. The van der Waals surface area contributed by atoms with Crippen molar-refractivity contribution in [2.45, 2.75) is 43.9 Å². The van der Waals surface area contributed by atoms with Crippen molar-refractivity contribution in [1.82, 2.24) is 0 Å². The molecule has 6 atom stereocenters. The zero-order chi connectivity index (χ0) is 20.2. The lowest BCUT2D eigenvalue weighted by Crippen LogP contribution is -2.63. The molecule has 0 radical (unpaired) electrons. The fourth-order valence-electron chi connectivity index (χ4n) is 3.54. The molecule has 7 nitrogen and oxygen atoms in total. The van der Waals surface area contributed by atoms with Crippen LogP contribution in [-0.4, -0.2) is 55.0 Å². The summed E-state index contributed by atoms with van der Waals surface area (Å²) >= 11 is 0. The fourth-order valence-corrected chi connectivity index (χ4v) is 3.54. The quantitative estimate of drug-likeness (QED) is 0.772. The molecule has 0 bridgehead atoms. The maximum Gasteiger partial charge on any atom is 0.338 e. The smallest absolute Gasteiger partial charge is 0.338 e. The highest BCUT2D eigenvalue weighted by Crippen LogP contribution is 2.35. The summed E-state index contributed by atoms with van der Waals surface area (Å²) in [5, 5.41) is 11.0. The highest BCUT2D eigenvalue weighted by molar-refractivity contribution is 5.89. The number of carbonyl (C=O) groups is 1. The van der Waals surface area contributed by atoms with E-state index in [4.69, 9.17) is 23.7 Å². The van der Waals surface area contributed by atoms with E-state index in [9.17, 15) is 9.90 Å². The molecule has 2 fully saturated rings. The molecule has 0 aliphatic carbocycles. The van der Waals surface area contributed by atoms with Gasteiger partial charge in [-0.25, -0.2) is 4.79 Å². The second-order valence-electron chi connectivity index (χ2n) is 6.90. The van der Waals surface area contributed by atoms with Crippen molar-refractivity contribution >= 4 is 5.97 Å². The van der Waals surface area contributed by atoms with Crippen LogP contribution in [0.3, 0.4) is 0 Å². The first-order chi connectivity index (χ1) is 14.2. The second kappa shape index (κ2) is 9.02. The Morgan fingerprint density at radius 3 is 2.45 bits per heavy atom. The van der Waals surface area contributed by atoms with Crippen molar-refractivity contribution in [3.8, 4) is 0 Å². The summed E-state index contributed by atoms with van der Waals surface area (Å²) in [4.78, 5) is 12.5. The SMILES string of the molecule is CCO[C@@H]1O[C@@H]2CO[C@H](c3ccccc3)O[C@@H]2[C@H](O)[C@H]1OC(=O)c1ccccc1. The van der Waals surface area contributed by atoms with Crippen molar-refractivity contribution in [2.75, 3.05) is 13.2 Å². The molecule has 2 aromatic rings. The minimum Gasteiger partial charge on any atom is -0.450 e. The lowest BCUT2D eigenvalue weighted by molar-refractivity contribution is -0.360. The third-order valence-corrected chi connectivity index (χ3v) is 4.96. The van der Waals surface area contributed by atoms with E-state index in [-0.39, 0.29) is 6.61 Å². The number of benzene rings is 2. The van der Waals surface area contributed by atoms with Crippen LogP contribution in [0.4, 0.5) is 0 Å². The predicted octanol–water partition coefficient (Wildman–Crippen LogP) is 2.45. The van der Waals surface area contributed by atoms with E-state index in [1.165, 1.54) is 0 Å². The standard InChI is InChI=1S/C22H24O7/c1-2-25-22-19(28-20(24)14-9-5-3-6-10-14)17(23)18-16(27-22)13-26-21(29-18)15-11-7-4-8-12-15/h3-12,16-19,21-23H,2,13H2,1H3/t16-,17+,18+,19-,21+,22-/m1/s1. The molecule has 2 aromatic carbocycles. The van der Waals surface area contributed by atoms with Gasteiger partial charge in [-0.1, -0.05) is 48.5 Å². The van der Waals surface area contributed by atoms with Crippen LogP contribution >= 0.6 is 0 Å². The van der Waals surface area contributed by atoms with Gasteiger partial charge in [0.05, 0.1) is 12.2 Å². The van der Waals surface area contributed by atoms with E-state index < -0.39 is 43.0 Å². The van der Waals surface area contributed by atoms with Crippen molar-refractivity contribution in [3.05, 3.63) is 71.8 Å². The van der Waals surface area contributed by atoms with Gasteiger partial charge in [-0.2, -0.15) is 0 Å². The van der Waals surface area contributed by atoms with Crippen molar-refractivity contribution in [1.29, 1.82) is 0 Å². The molecule has 154 valence electrons. The first-order valence-corrected chi connectivity index (χ1v) is 9.70. The van der Waals surface area contributed by atoms with Gasteiger partial charge in [0.1, 0.15) is 18.3 Å². The van der Waals surface area contributed by atoms with Gasteiger partial charge in [-0.05, 0) is 19.1 Å². The molecule has 2 saturated heterocycles. The van der Waals surface area contributed by atoms with E-state index in [0.717, 1.165) is 5.56 Å². The zero-order valence-corrected chi connectivity index (χ0v) is 16.0. The number of aliphatic hydroxyl groups is 1. The number of fused-ring (bicyclic) bond motifs is 1. The Labute approximate surface area is 169 Å². The fraction of sp³-hybridized carbons (Fsp3) is 0.409. The summed E-state index contributed by atoms with van der Waals surface area (Å²) in [6, 6.07) is 18.0. The average Bonchev–Trinajstić information content (AvgIpc) is 2.77. The third-order valence-electron chi connectivity index (χ3n) is 4.96. The number of ether oxygens (including phenoxy) is 5. The molecular weight excluding hydrogens is 376 g/mol. The zero-order valence-electron chi connectivity index (χ0n) is 16.0. The van der Waals surface area contributed by atoms with E-state index in [2.05, 4.69) is 0 Å². The number of hydrogen-bond acceptors (Lipinski definition) is 7. The number of carbonyl (C=O) groups excluding carboxylic acids is 1. The highest BCUT2D eigenvalue weighted by Gasteiger charge is 2.51. The Morgan fingerprint density at radius 1 is 1.07 bits per heavy atom. The first kappa shape index (κ1) is 20.0. The molecule has 0 saturated carbocycles. The molecule has 2 aliphatic rings. The summed E-state index contributed by atoms with van der Waals surface area (Å²) in [5.74, 6) is -0.562. The van der Waals surface area contributed by atoms with Crippen LogP contribution in [0.25, 0.3) is 0 Å². The molecule has 0 spiro atoms. The summed E-state index contributed by atoms with van der Waals surface area (Å²) < 4.78 is 28.9. The van der Waals surface area contributed by atoms with E-state index in [1.54, 1.807) is 31.2 Å². The van der Waals surface area contributed by atoms with Gasteiger partial charge in [0.25, 0.3) is 0 Å². The summed E-state index contributed by atoms with van der Waals surface area (Å²) in [7, 11) is 0. The minimum atomic E-state index is -1.13. The van der Waals surface area contributed by atoms with E-state index in [0.29, 0.717) is 12.2 Å². The molecule has 0 unspecified atom stereocenters. The topological polar surface area (TPSA) is 83.5 Å². The highest BCUT2D eigenvalue weighted by atomic mass is 16.8. The number of hydrogen-bond donors (Lipinski definition) is 1. The van der Waals surface area contributed by atoms with Crippen LogP contribution in [0.2, 0.25) is 0 Å². The maximum atomic E-state index is 12.5. The predicted molar refractivity (Wildman–Crippen MR) is 102 cm³/mol. The second-order valence-corrected chi connectivity index (χ2v) is 6.90. The lowest BCUT2D eigenvalue weighted by atomic mass is 9.97. The molecule has 1 N–H and O–H groups in total. The van der Waals surface area contributed by atoms with Gasteiger partial charge in [-0.3, -0.25) is 0 Å². The van der Waals surface area contributed by atoms with Gasteiger partial charge < -0.3 is 28.8 Å². The van der Waals surface area contributed by atoms with Gasteiger partial charge in [0, 0.05) is 12.2 Å². The Morgan fingerprint density at radius 2 is 1.76 bits per heavy atom. The summed E-state index contributed by atoms with van der Waals surface area (Å²) in [6.45, 7) is 2.37. The van der Waals surface area contributed by atoms with Crippen LogP contribution in [0.15, 0.2) is 60.7 Å². The number of esters is 1. The minimum absolute atomic E-state index is 0.226. The van der Waals surface area contributed by atoms with E-state index >= 15 is 0 Å². The normalized spacial score (nSPS) is 31.7. The average molecular weight is 400 g/mol. The molecule has 2 heterocycles. The Kier molecular flexibility index (Phi) is 6.22. The van der Waals surface area contributed by atoms with Crippen molar-refractivity contribution in [2.24, 2.45) is 0 Å². The molecule has 0 amide bonds.